The van der Waals surface area contributed by atoms with Gasteiger partial charge in [0.2, 0.25) is 0 Å². The van der Waals surface area contributed by atoms with Crippen LogP contribution in [-0.4, -0.2) is 44.4 Å². The van der Waals surface area contributed by atoms with Gasteiger partial charge in [-0.1, -0.05) is 18.2 Å². The first-order valence-electron chi connectivity index (χ1n) is 9.53. The van der Waals surface area contributed by atoms with Gasteiger partial charge < -0.3 is 9.47 Å². The molecule has 28 heavy (non-hydrogen) atoms. The maximum atomic E-state index is 13.2. The Hall–Kier alpha value is -2.99. The van der Waals surface area contributed by atoms with Gasteiger partial charge in [-0.15, -0.1) is 0 Å². The number of hydrogen-bond acceptors (Lipinski definition) is 3. The van der Waals surface area contributed by atoms with Gasteiger partial charge in [0.25, 0.3) is 5.91 Å². The highest BCUT2D eigenvalue weighted by atomic mass is 19.1. The third-order valence-electron chi connectivity index (χ3n) is 5.73. The molecule has 142 valence electrons. The molecule has 4 heterocycles. The molecule has 5 rings (SSSR count). The van der Waals surface area contributed by atoms with Crippen molar-refractivity contribution in [2.75, 3.05) is 13.1 Å². The fraction of sp³-hybridized carbons (Fsp3) is 0.273. The number of halogens is 1. The molecule has 2 aliphatic heterocycles. The SMILES string of the molecule is O=C1c2cccn2[C@@H]2CN(Cc3ccc(F)cc3)C[C@@H]2N1Cc1ccccn1. The van der Waals surface area contributed by atoms with Crippen molar-refractivity contribution in [2.45, 2.75) is 25.2 Å². The number of hydrogen-bond donors (Lipinski definition) is 0. The summed E-state index contributed by atoms with van der Waals surface area (Å²) < 4.78 is 15.3. The third-order valence-corrected chi connectivity index (χ3v) is 5.73. The molecule has 2 aliphatic rings. The molecule has 3 aromatic rings. The largest absolute Gasteiger partial charge is 0.337 e. The van der Waals surface area contributed by atoms with Crippen molar-refractivity contribution < 1.29 is 9.18 Å². The van der Waals surface area contributed by atoms with Gasteiger partial charge in [-0.3, -0.25) is 14.7 Å². The minimum absolute atomic E-state index is 0.0561. The Balaban J connectivity index is 1.42. The summed E-state index contributed by atoms with van der Waals surface area (Å²) in [5.41, 5.74) is 2.71. The van der Waals surface area contributed by atoms with E-state index in [1.54, 1.807) is 6.20 Å². The van der Waals surface area contributed by atoms with Crippen LogP contribution < -0.4 is 0 Å². The monoisotopic (exact) mass is 376 g/mol. The number of aromatic nitrogens is 2. The summed E-state index contributed by atoms with van der Waals surface area (Å²) in [6.45, 7) is 2.90. The highest BCUT2D eigenvalue weighted by Crippen LogP contribution is 2.35. The molecule has 2 aromatic heterocycles. The molecule has 1 aromatic carbocycles. The lowest BCUT2D eigenvalue weighted by molar-refractivity contribution is 0.0553. The first-order chi connectivity index (χ1) is 13.7. The van der Waals surface area contributed by atoms with Gasteiger partial charge in [0.1, 0.15) is 11.5 Å². The Kier molecular flexibility index (Phi) is 4.20. The molecular weight excluding hydrogens is 355 g/mol. The Morgan fingerprint density at radius 3 is 2.57 bits per heavy atom. The van der Waals surface area contributed by atoms with E-state index in [2.05, 4.69) is 14.5 Å². The number of carbonyl (C=O) groups excluding carboxylic acids is 1. The summed E-state index contributed by atoms with van der Waals surface area (Å²) in [5.74, 6) is -0.163. The van der Waals surface area contributed by atoms with Crippen molar-refractivity contribution in [2.24, 2.45) is 0 Å². The van der Waals surface area contributed by atoms with Crippen LogP contribution in [0.2, 0.25) is 0 Å². The van der Waals surface area contributed by atoms with E-state index in [0.717, 1.165) is 36.6 Å². The number of likely N-dealkylation sites (tertiary alicyclic amines) is 1. The predicted octanol–water partition coefficient (Wildman–Crippen LogP) is 3.10. The van der Waals surface area contributed by atoms with Crippen LogP contribution in [0.15, 0.2) is 67.0 Å². The second-order valence-corrected chi connectivity index (χ2v) is 7.51. The topological polar surface area (TPSA) is 41.4 Å². The third kappa shape index (κ3) is 2.99. The summed E-state index contributed by atoms with van der Waals surface area (Å²) in [4.78, 5) is 21.9. The van der Waals surface area contributed by atoms with Crippen LogP contribution in [0.25, 0.3) is 0 Å². The Labute approximate surface area is 163 Å². The zero-order chi connectivity index (χ0) is 19.1. The molecule has 0 spiro atoms. The van der Waals surface area contributed by atoms with Crippen LogP contribution in [0.5, 0.6) is 0 Å². The maximum Gasteiger partial charge on any atom is 0.271 e. The molecule has 1 saturated heterocycles. The number of carbonyl (C=O) groups is 1. The molecule has 0 radical (unpaired) electrons. The fourth-order valence-electron chi connectivity index (χ4n) is 4.42. The molecular formula is C22H21FN4O. The second-order valence-electron chi connectivity index (χ2n) is 7.51. The lowest BCUT2D eigenvalue weighted by Gasteiger charge is -2.38. The van der Waals surface area contributed by atoms with E-state index in [0.29, 0.717) is 6.54 Å². The number of pyridine rings is 1. The lowest BCUT2D eigenvalue weighted by atomic mass is 10.1. The average Bonchev–Trinajstić information content (AvgIpc) is 3.35. The van der Waals surface area contributed by atoms with Crippen molar-refractivity contribution in [1.82, 2.24) is 19.4 Å². The molecule has 1 amide bonds. The normalized spacial score (nSPS) is 21.6. The Morgan fingerprint density at radius 1 is 0.964 bits per heavy atom. The second kappa shape index (κ2) is 6.87. The van der Waals surface area contributed by atoms with Gasteiger partial charge >= 0.3 is 0 Å². The van der Waals surface area contributed by atoms with Gasteiger partial charge in [0, 0.05) is 32.0 Å². The first-order valence-corrected chi connectivity index (χ1v) is 9.53. The molecule has 0 unspecified atom stereocenters. The fourth-order valence-corrected chi connectivity index (χ4v) is 4.42. The van der Waals surface area contributed by atoms with Crippen LogP contribution >= 0.6 is 0 Å². The van der Waals surface area contributed by atoms with E-state index in [-0.39, 0.29) is 23.8 Å². The molecule has 0 N–H and O–H groups in total. The van der Waals surface area contributed by atoms with Crippen molar-refractivity contribution in [1.29, 1.82) is 0 Å². The van der Waals surface area contributed by atoms with Gasteiger partial charge in [-0.2, -0.15) is 0 Å². The quantitative estimate of drug-likeness (QED) is 0.703. The van der Waals surface area contributed by atoms with Crippen LogP contribution in [-0.2, 0) is 13.1 Å². The van der Waals surface area contributed by atoms with Crippen molar-refractivity contribution >= 4 is 5.91 Å². The minimum Gasteiger partial charge on any atom is -0.337 e. The van der Waals surface area contributed by atoms with Gasteiger partial charge in [-0.05, 0) is 42.0 Å². The summed E-state index contributed by atoms with van der Waals surface area (Å²) in [6, 6.07) is 16.6. The van der Waals surface area contributed by atoms with Crippen molar-refractivity contribution in [3.63, 3.8) is 0 Å². The maximum absolute atomic E-state index is 13.2. The first kappa shape index (κ1) is 17.1. The van der Waals surface area contributed by atoms with Crippen molar-refractivity contribution in [3.05, 3.63) is 89.8 Å². The number of amides is 1. The molecule has 0 saturated carbocycles. The zero-order valence-electron chi connectivity index (χ0n) is 15.4. The highest BCUT2D eigenvalue weighted by Gasteiger charge is 2.44. The summed E-state index contributed by atoms with van der Waals surface area (Å²) in [7, 11) is 0. The molecule has 1 fully saturated rings. The average molecular weight is 376 g/mol. The number of rotatable bonds is 4. The Bertz CT molecular complexity index is 985. The van der Waals surface area contributed by atoms with E-state index in [4.69, 9.17) is 0 Å². The zero-order valence-corrected chi connectivity index (χ0v) is 15.4. The lowest BCUT2D eigenvalue weighted by Crippen LogP contribution is -2.49. The van der Waals surface area contributed by atoms with Crippen LogP contribution in [0.3, 0.4) is 0 Å². The number of nitrogens with zero attached hydrogens (tertiary/aromatic N) is 4. The minimum atomic E-state index is -0.219. The van der Waals surface area contributed by atoms with Crippen LogP contribution in [0.4, 0.5) is 4.39 Å². The van der Waals surface area contributed by atoms with E-state index >= 15 is 0 Å². The molecule has 5 nitrogen and oxygen atoms in total. The number of benzene rings is 1. The van der Waals surface area contributed by atoms with Crippen LogP contribution in [0, 0.1) is 5.82 Å². The number of fused-ring (bicyclic) bond motifs is 3. The predicted molar refractivity (Wildman–Crippen MR) is 103 cm³/mol. The standard InChI is InChI=1S/C22H21FN4O/c23-17-8-6-16(7-9-17)12-25-14-20-21(15-25)27(13-18-4-1-2-10-24-18)22(28)19-5-3-11-26(19)20/h1-11,20-21H,12-15H2/t20-,21+/m1/s1. The van der Waals surface area contributed by atoms with E-state index in [1.165, 1.54) is 12.1 Å². The van der Waals surface area contributed by atoms with E-state index in [1.807, 2.05) is 53.6 Å². The Morgan fingerprint density at radius 2 is 1.79 bits per heavy atom. The molecule has 2 atom stereocenters. The van der Waals surface area contributed by atoms with Crippen LogP contribution in [0.1, 0.15) is 27.8 Å². The molecule has 6 heteroatoms. The summed E-state index contributed by atoms with van der Waals surface area (Å²) in [5, 5.41) is 0. The summed E-state index contributed by atoms with van der Waals surface area (Å²) >= 11 is 0. The summed E-state index contributed by atoms with van der Waals surface area (Å²) in [6.07, 6.45) is 3.77. The smallest absolute Gasteiger partial charge is 0.271 e. The van der Waals surface area contributed by atoms with Gasteiger partial charge in [-0.25, -0.2) is 4.39 Å². The van der Waals surface area contributed by atoms with Crippen molar-refractivity contribution in [3.8, 4) is 0 Å². The van der Waals surface area contributed by atoms with Gasteiger partial charge in [0.05, 0.1) is 24.3 Å². The van der Waals surface area contributed by atoms with E-state index < -0.39 is 0 Å². The van der Waals surface area contributed by atoms with E-state index in [9.17, 15) is 9.18 Å². The molecule has 0 bridgehead atoms. The molecule has 0 aliphatic carbocycles. The highest BCUT2D eigenvalue weighted by molar-refractivity contribution is 5.94. The van der Waals surface area contributed by atoms with Gasteiger partial charge in [0.15, 0.2) is 0 Å².